The number of aliphatic hydroxyl groups excluding tert-OH is 1. The summed E-state index contributed by atoms with van der Waals surface area (Å²) in [4.78, 5) is 24.4. The van der Waals surface area contributed by atoms with Crippen LogP contribution in [0.25, 0.3) is 0 Å². The molecule has 1 N–H and O–H groups in total. The Balaban J connectivity index is 1.44. The predicted molar refractivity (Wildman–Crippen MR) is 118 cm³/mol. The maximum absolute atomic E-state index is 12.6. The fraction of sp³-hybridized carbons (Fsp3) is 0.385. The maximum Gasteiger partial charge on any atom is 0.338 e. The van der Waals surface area contributed by atoms with Gasteiger partial charge in [0.05, 0.1) is 24.7 Å². The fourth-order valence-corrected chi connectivity index (χ4v) is 4.65. The number of methoxy groups -OCH3 is 1. The number of hydrogen-bond donors (Lipinski definition) is 1. The Labute approximate surface area is 187 Å². The first-order chi connectivity index (χ1) is 15.5. The van der Waals surface area contributed by atoms with E-state index < -0.39 is 18.2 Å². The van der Waals surface area contributed by atoms with E-state index in [1.165, 1.54) is 0 Å². The predicted octanol–water partition coefficient (Wildman–Crippen LogP) is 3.47. The van der Waals surface area contributed by atoms with Gasteiger partial charge in [-0.1, -0.05) is 54.6 Å². The van der Waals surface area contributed by atoms with Crippen LogP contribution in [0.15, 0.2) is 66.7 Å². The number of hydrogen-bond acceptors (Lipinski definition) is 6. The molecule has 1 saturated heterocycles. The minimum Gasteiger partial charge on any atom is -0.462 e. The van der Waals surface area contributed by atoms with Crippen molar-refractivity contribution in [1.29, 1.82) is 0 Å². The van der Waals surface area contributed by atoms with Gasteiger partial charge in [-0.05, 0) is 23.3 Å². The van der Waals surface area contributed by atoms with Gasteiger partial charge in [-0.25, -0.2) is 4.79 Å². The fourth-order valence-electron chi connectivity index (χ4n) is 4.65. The standard InChI is InChI=1S/C26H28O6/c1-30-16-18-7-5-6-17(12-18)13-20(27)10-11-21-22-14-25(28)31-24(22)15-23(21)32-26(29)19-8-3-2-4-9-19/h2-12,20-24,27H,13-16H2,1H3/b11-10+/t20-,21-,22-,23-,24+/m1/s1. The van der Waals surface area contributed by atoms with E-state index in [1.807, 2.05) is 36.4 Å². The van der Waals surface area contributed by atoms with Gasteiger partial charge in [0, 0.05) is 31.8 Å². The van der Waals surface area contributed by atoms with Gasteiger partial charge < -0.3 is 19.3 Å². The van der Waals surface area contributed by atoms with Crippen LogP contribution in [0.2, 0.25) is 0 Å². The smallest absolute Gasteiger partial charge is 0.338 e. The lowest BCUT2D eigenvalue weighted by atomic mass is 9.91. The van der Waals surface area contributed by atoms with E-state index in [2.05, 4.69) is 0 Å². The summed E-state index contributed by atoms with van der Waals surface area (Å²) in [5.74, 6) is -0.851. The third-order valence-corrected chi connectivity index (χ3v) is 6.12. The Bertz CT molecular complexity index is 969. The summed E-state index contributed by atoms with van der Waals surface area (Å²) in [6.45, 7) is 0.521. The van der Waals surface area contributed by atoms with Crippen LogP contribution in [0, 0.1) is 11.8 Å². The topological polar surface area (TPSA) is 82.1 Å². The molecule has 2 aromatic rings. The summed E-state index contributed by atoms with van der Waals surface area (Å²) >= 11 is 0. The van der Waals surface area contributed by atoms with Gasteiger partial charge in [0.25, 0.3) is 0 Å². The molecule has 0 unspecified atom stereocenters. The highest BCUT2D eigenvalue weighted by atomic mass is 16.6. The van der Waals surface area contributed by atoms with Crippen LogP contribution in [0.1, 0.15) is 34.3 Å². The minimum atomic E-state index is -0.699. The second-order valence-corrected chi connectivity index (χ2v) is 8.43. The van der Waals surface area contributed by atoms with Crippen molar-refractivity contribution in [3.8, 4) is 0 Å². The molecule has 5 atom stereocenters. The van der Waals surface area contributed by atoms with E-state index >= 15 is 0 Å². The number of fused-ring (bicyclic) bond motifs is 1. The van der Waals surface area contributed by atoms with Crippen LogP contribution in [0.4, 0.5) is 0 Å². The summed E-state index contributed by atoms with van der Waals surface area (Å²) in [5.41, 5.74) is 2.54. The zero-order valence-corrected chi connectivity index (χ0v) is 18.1. The Morgan fingerprint density at radius 2 is 1.97 bits per heavy atom. The van der Waals surface area contributed by atoms with Crippen molar-refractivity contribution in [3.63, 3.8) is 0 Å². The molecule has 0 bridgehead atoms. The first-order valence-electron chi connectivity index (χ1n) is 10.9. The molecule has 6 heteroatoms. The van der Waals surface area contributed by atoms with Crippen molar-refractivity contribution in [1.82, 2.24) is 0 Å². The van der Waals surface area contributed by atoms with Crippen LogP contribution in [0.3, 0.4) is 0 Å². The number of aliphatic hydroxyl groups is 1. The van der Waals surface area contributed by atoms with Crippen LogP contribution in [-0.4, -0.2) is 42.5 Å². The number of carbonyl (C=O) groups excluding carboxylic acids is 2. The number of carbonyl (C=O) groups is 2. The SMILES string of the molecule is COCc1cccc(C[C@H](O)/C=C/[C@@H]2[C@H]3CC(=O)O[C@H]3C[C@H]2OC(=O)c2ccccc2)c1. The Hall–Kier alpha value is -2.96. The lowest BCUT2D eigenvalue weighted by Crippen LogP contribution is -2.25. The monoisotopic (exact) mass is 436 g/mol. The van der Waals surface area contributed by atoms with E-state index in [0.717, 1.165) is 11.1 Å². The highest BCUT2D eigenvalue weighted by molar-refractivity contribution is 5.89. The number of benzene rings is 2. The Morgan fingerprint density at radius 1 is 1.19 bits per heavy atom. The number of ether oxygens (including phenoxy) is 3. The second kappa shape index (κ2) is 10.1. The highest BCUT2D eigenvalue weighted by Crippen LogP contribution is 2.43. The summed E-state index contributed by atoms with van der Waals surface area (Å²) in [6.07, 6.45) is 3.50. The largest absolute Gasteiger partial charge is 0.462 e. The summed E-state index contributed by atoms with van der Waals surface area (Å²) in [6, 6.07) is 16.8. The Kier molecular flexibility index (Phi) is 7.02. The quantitative estimate of drug-likeness (QED) is 0.504. The minimum absolute atomic E-state index is 0.0513. The van der Waals surface area contributed by atoms with Crippen molar-refractivity contribution in [2.75, 3.05) is 7.11 Å². The molecular weight excluding hydrogens is 408 g/mol. The molecule has 4 rings (SSSR count). The lowest BCUT2D eigenvalue weighted by molar-refractivity contribution is -0.141. The molecule has 168 valence electrons. The van der Waals surface area contributed by atoms with Crippen LogP contribution in [-0.2, 0) is 32.0 Å². The van der Waals surface area contributed by atoms with E-state index in [9.17, 15) is 14.7 Å². The van der Waals surface area contributed by atoms with E-state index in [1.54, 1.807) is 37.5 Å². The molecule has 1 aliphatic carbocycles. The molecule has 1 saturated carbocycles. The molecule has 6 nitrogen and oxygen atoms in total. The summed E-state index contributed by atoms with van der Waals surface area (Å²) in [7, 11) is 1.65. The average molecular weight is 437 g/mol. The van der Waals surface area contributed by atoms with Gasteiger partial charge in [0.1, 0.15) is 12.2 Å². The molecule has 0 radical (unpaired) electrons. The highest BCUT2D eigenvalue weighted by Gasteiger charge is 2.50. The van der Waals surface area contributed by atoms with E-state index in [0.29, 0.717) is 31.4 Å². The molecule has 0 amide bonds. The summed E-state index contributed by atoms with van der Waals surface area (Å²) < 4.78 is 16.4. The summed E-state index contributed by atoms with van der Waals surface area (Å²) in [5, 5.41) is 10.6. The van der Waals surface area contributed by atoms with Crippen molar-refractivity contribution >= 4 is 11.9 Å². The van der Waals surface area contributed by atoms with Crippen molar-refractivity contribution in [3.05, 3.63) is 83.4 Å². The van der Waals surface area contributed by atoms with Crippen molar-refractivity contribution in [2.24, 2.45) is 11.8 Å². The zero-order chi connectivity index (χ0) is 22.5. The molecule has 2 aliphatic rings. The molecular formula is C26H28O6. The van der Waals surface area contributed by atoms with Gasteiger partial charge >= 0.3 is 11.9 Å². The van der Waals surface area contributed by atoms with Gasteiger partial charge in [-0.15, -0.1) is 0 Å². The third kappa shape index (κ3) is 5.26. The number of rotatable bonds is 8. The van der Waals surface area contributed by atoms with Gasteiger partial charge in [0.15, 0.2) is 0 Å². The molecule has 0 spiro atoms. The lowest BCUT2D eigenvalue weighted by Gasteiger charge is -2.20. The molecule has 1 heterocycles. The Morgan fingerprint density at radius 3 is 2.75 bits per heavy atom. The van der Waals surface area contributed by atoms with Crippen LogP contribution < -0.4 is 0 Å². The average Bonchev–Trinajstić information content (AvgIpc) is 3.28. The number of esters is 2. The first-order valence-corrected chi connectivity index (χ1v) is 10.9. The van der Waals surface area contributed by atoms with Gasteiger partial charge in [-0.2, -0.15) is 0 Å². The second-order valence-electron chi connectivity index (χ2n) is 8.43. The molecule has 2 fully saturated rings. The van der Waals surface area contributed by atoms with Crippen molar-refractivity contribution in [2.45, 2.75) is 44.2 Å². The third-order valence-electron chi connectivity index (χ3n) is 6.12. The molecule has 32 heavy (non-hydrogen) atoms. The van der Waals surface area contributed by atoms with E-state index in [-0.39, 0.29) is 23.9 Å². The van der Waals surface area contributed by atoms with Gasteiger partial charge in [-0.3, -0.25) is 4.79 Å². The van der Waals surface area contributed by atoms with Crippen LogP contribution >= 0.6 is 0 Å². The van der Waals surface area contributed by atoms with E-state index in [4.69, 9.17) is 14.2 Å². The van der Waals surface area contributed by atoms with Crippen molar-refractivity contribution < 1.29 is 28.9 Å². The molecule has 1 aliphatic heterocycles. The normalized spacial score (nSPS) is 25.5. The zero-order valence-electron chi connectivity index (χ0n) is 18.1. The van der Waals surface area contributed by atoms with Gasteiger partial charge in [0.2, 0.25) is 0 Å². The molecule has 0 aromatic heterocycles. The van der Waals surface area contributed by atoms with Crippen LogP contribution in [0.5, 0.6) is 0 Å². The first kappa shape index (κ1) is 22.2. The molecule has 2 aromatic carbocycles. The maximum atomic E-state index is 12.6.